The van der Waals surface area contributed by atoms with E-state index in [9.17, 15) is 4.79 Å². The third kappa shape index (κ3) is 2.38. The Hall–Kier alpha value is -0.760. The summed E-state index contributed by atoms with van der Waals surface area (Å²) in [6.07, 6.45) is 0.421. The first kappa shape index (κ1) is 9.33. The summed E-state index contributed by atoms with van der Waals surface area (Å²) in [5.41, 5.74) is 3.52. The Morgan fingerprint density at radius 2 is 2.00 bits per heavy atom. The van der Waals surface area contributed by atoms with E-state index < -0.39 is 0 Å². The van der Waals surface area contributed by atoms with E-state index >= 15 is 0 Å². The molecule has 0 bridgehead atoms. The molecule has 0 aliphatic rings. The normalized spacial score (nSPS) is 9.92. The minimum absolute atomic E-state index is 0.0850. The van der Waals surface area contributed by atoms with Gasteiger partial charge in [0.15, 0.2) is 5.12 Å². The van der Waals surface area contributed by atoms with Crippen LogP contribution in [-0.4, -0.2) is 5.12 Å². The molecule has 2 heteroatoms. The van der Waals surface area contributed by atoms with E-state index in [1.165, 1.54) is 11.1 Å². The summed E-state index contributed by atoms with van der Waals surface area (Å²) in [5.74, 6) is 0. The van der Waals surface area contributed by atoms with Crippen molar-refractivity contribution in [3.05, 3.63) is 34.9 Å². The zero-order valence-corrected chi connectivity index (χ0v) is 8.19. The van der Waals surface area contributed by atoms with Crippen LogP contribution in [0.5, 0.6) is 0 Å². The van der Waals surface area contributed by atoms with Crippen LogP contribution in [0.1, 0.15) is 16.7 Å². The first-order chi connectivity index (χ1) is 5.59. The molecule has 0 heterocycles. The summed E-state index contributed by atoms with van der Waals surface area (Å²) in [4.78, 5) is 10.7. The number of carbonyl (C=O) groups is 1. The molecule has 64 valence electrons. The number of benzene rings is 1. The number of rotatable bonds is 2. The van der Waals surface area contributed by atoms with E-state index in [-0.39, 0.29) is 5.12 Å². The van der Waals surface area contributed by atoms with E-state index in [0.29, 0.717) is 6.42 Å². The predicted octanol–water partition coefficient (Wildman–Crippen LogP) is 2.30. The zero-order chi connectivity index (χ0) is 9.14. The maximum atomic E-state index is 10.7. The van der Waals surface area contributed by atoms with Gasteiger partial charge in [-0.25, -0.2) is 0 Å². The number of carbonyl (C=O) groups excluding carboxylic acids is 1. The molecule has 0 spiro atoms. The lowest BCUT2D eigenvalue weighted by Gasteiger charge is -2.02. The number of thiol groups is 1. The van der Waals surface area contributed by atoms with Crippen molar-refractivity contribution in [1.29, 1.82) is 0 Å². The monoisotopic (exact) mass is 180 g/mol. The van der Waals surface area contributed by atoms with Crippen molar-refractivity contribution in [2.45, 2.75) is 20.3 Å². The fraction of sp³-hybridized carbons (Fsp3) is 0.300. The quantitative estimate of drug-likeness (QED) is 0.691. The van der Waals surface area contributed by atoms with Crippen LogP contribution in [0.3, 0.4) is 0 Å². The average Bonchev–Trinajstić information content (AvgIpc) is 1.96. The largest absolute Gasteiger partial charge is 0.287 e. The lowest BCUT2D eigenvalue weighted by Crippen LogP contribution is -1.94. The van der Waals surface area contributed by atoms with E-state index in [4.69, 9.17) is 0 Å². The third-order valence-corrected chi connectivity index (χ3v) is 2.08. The first-order valence-electron chi connectivity index (χ1n) is 3.87. The van der Waals surface area contributed by atoms with E-state index in [1.54, 1.807) is 0 Å². The third-order valence-electron chi connectivity index (χ3n) is 1.93. The summed E-state index contributed by atoms with van der Waals surface area (Å²) < 4.78 is 0. The topological polar surface area (TPSA) is 17.1 Å². The molecule has 0 unspecified atom stereocenters. The van der Waals surface area contributed by atoms with Crippen molar-refractivity contribution in [1.82, 2.24) is 0 Å². The van der Waals surface area contributed by atoms with Crippen molar-refractivity contribution in [3.8, 4) is 0 Å². The Kier molecular flexibility index (Phi) is 2.93. The van der Waals surface area contributed by atoms with Crippen molar-refractivity contribution >= 4 is 17.7 Å². The molecule has 0 N–H and O–H groups in total. The first-order valence-corrected chi connectivity index (χ1v) is 4.32. The Labute approximate surface area is 78.2 Å². The maximum Gasteiger partial charge on any atom is 0.190 e. The van der Waals surface area contributed by atoms with Gasteiger partial charge in [-0.2, -0.15) is 0 Å². The molecule has 0 fully saturated rings. The van der Waals surface area contributed by atoms with Gasteiger partial charge in [-0.3, -0.25) is 4.79 Å². The summed E-state index contributed by atoms with van der Waals surface area (Å²) in [6, 6.07) is 6.03. The van der Waals surface area contributed by atoms with E-state index in [0.717, 1.165) is 5.56 Å². The van der Waals surface area contributed by atoms with Crippen LogP contribution in [0.4, 0.5) is 0 Å². The molecule has 0 atom stereocenters. The highest BCUT2D eigenvalue weighted by atomic mass is 32.1. The van der Waals surface area contributed by atoms with Gasteiger partial charge in [0.1, 0.15) is 0 Å². The summed E-state index contributed by atoms with van der Waals surface area (Å²) >= 11 is 3.73. The van der Waals surface area contributed by atoms with Crippen LogP contribution >= 0.6 is 12.6 Å². The van der Waals surface area contributed by atoms with Gasteiger partial charge in [0.2, 0.25) is 0 Å². The van der Waals surface area contributed by atoms with Gasteiger partial charge < -0.3 is 0 Å². The molecule has 1 nitrogen and oxygen atoms in total. The van der Waals surface area contributed by atoms with Crippen LogP contribution in [0.2, 0.25) is 0 Å². The van der Waals surface area contributed by atoms with Crippen LogP contribution in [0.15, 0.2) is 18.2 Å². The van der Waals surface area contributed by atoms with Gasteiger partial charge in [-0.1, -0.05) is 18.2 Å². The van der Waals surface area contributed by atoms with Gasteiger partial charge >= 0.3 is 0 Å². The number of aryl methyl sites for hydroxylation is 2. The SMILES string of the molecule is Cc1ccc(CC(=O)S)cc1C. The highest BCUT2D eigenvalue weighted by Crippen LogP contribution is 2.10. The molecule has 0 saturated heterocycles. The summed E-state index contributed by atoms with van der Waals surface area (Å²) in [5, 5.41) is -0.0850. The lowest BCUT2D eigenvalue weighted by atomic mass is 10.1. The van der Waals surface area contributed by atoms with Gasteiger partial charge in [0.05, 0.1) is 0 Å². The van der Waals surface area contributed by atoms with E-state index in [1.807, 2.05) is 25.1 Å². The highest BCUT2D eigenvalue weighted by Gasteiger charge is 1.99. The molecule has 12 heavy (non-hydrogen) atoms. The smallest absolute Gasteiger partial charge is 0.190 e. The molecule has 1 aromatic carbocycles. The second kappa shape index (κ2) is 3.76. The Morgan fingerprint density at radius 3 is 2.50 bits per heavy atom. The van der Waals surface area contributed by atoms with Gasteiger partial charge in [0.25, 0.3) is 0 Å². The van der Waals surface area contributed by atoms with Crippen molar-refractivity contribution in [3.63, 3.8) is 0 Å². The fourth-order valence-electron chi connectivity index (χ4n) is 1.09. The summed E-state index contributed by atoms with van der Waals surface area (Å²) in [7, 11) is 0. The molecule has 1 rings (SSSR count). The molecule has 0 aliphatic heterocycles. The predicted molar refractivity (Wildman–Crippen MR) is 53.6 cm³/mol. The van der Waals surface area contributed by atoms with Crippen LogP contribution in [0, 0.1) is 13.8 Å². The molecule has 0 aromatic heterocycles. The van der Waals surface area contributed by atoms with Gasteiger partial charge in [-0.15, -0.1) is 12.6 Å². The maximum absolute atomic E-state index is 10.7. The Balaban J connectivity index is 2.89. The van der Waals surface area contributed by atoms with Crippen LogP contribution in [0.25, 0.3) is 0 Å². The molecule has 0 aliphatic carbocycles. The Morgan fingerprint density at radius 1 is 1.33 bits per heavy atom. The van der Waals surface area contributed by atoms with Crippen molar-refractivity contribution < 1.29 is 4.79 Å². The summed E-state index contributed by atoms with van der Waals surface area (Å²) in [6.45, 7) is 4.10. The second-order valence-electron chi connectivity index (χ2n) is 2.99. The molecule has 0 radical (unpaired) electrons. The molecule has 0 saturated carbocycles. The van der Waals surface area contributed by atoms with Crippen LogP contribution in [-0.2, 0) is 11.2 Å². The second-order valence-corrected chi connectivity index (χ2v) is 3.49. The van der Waals surface area contributed by atoms with Crippen molar-refractivity contribution in [2.75, 3.05) is 0 Å². The fourth-order valence-corrected chi connectivity index (χ4v) is 1.27. The highest BCUT2D eigenvalue weighted by molar-refractivity contribution is 7.96. The molecule has 0 amide bonds. The van der Waals surface area contributed by atoms with Crippen molar-refractivity contribution in [2.24, 2.45) is 0 Å². The minimum Gasteiger partial charge on any atom is -0.287 e. The Bertz CT molecular complexity index is 305. The number of hydrogen-bond acceptors (Lipinski definition) is 1. The van der Waals surface area contributed by atoms with Gasteiger partial charge in [0, 0.05) is 6.42 Å². The van der Waals surface area contributed by atoms with Gasteiger partial charge in [-0.05, 0) is 30.5 Å². The average molecular weight is 180 g/mol. The molecular formula is C10H12OS. The molecular weight excluding hydrogens is 168 g/mol. The lowest BCUT2D eigenvalue weighted by molar-refractivity contribution is -0.110. The van der Waals surface area contributed by atoms with E-state index in [2.05, 4.69) is 19.6 Å². The standard InChI is InChI=1S/C10H12OS/c1-7-3-4-9(5-8(7)2)6-10(11)12/h3-5H,6H2,1-2H3,(H,11,12). The van der Waals surface area contributed by atoms with Crippen LogP contribution < -0.4 is 0 Å². The number of hydrogen-bond donors (Lipinski definition) is 1. The molecule has 1 aromatic rings. The minimum atomic E-state index is -0.0850. The zero-order valence-electron chi connectivity index (χ0n) is 7.29.